The molecule has 25 heavy (non-hydrogen) atoms. The fourth-order valence-corrected chi connectivity index (χ4v) is 2.75. The van der Waals surface area contributed by atoms with E-state index >= 15 is 0 Å². The van der Waals surface area contributed by atoms with Crippen molar-refractivity contribution in [2.75, 3.05) is 6.61 Å². The van der Waals surface area contributed by atoms with E-state index in [1.165, 1.54) is 0 Å². The number of carbonyl (C=O) groups is 1. The van der Waals surface area contributed by atoms with Crippen molar-refractivity contribution in [3.05, 3.63) is 71.7 Å². The van der Waals surface area contributed by atoms with Crippen molar-refractivity contribution in [3.8, 4) is 0 Å². The molecule has 0 aliphatic rings. The van der Waals surface area contributed by atoms with E-state index < -0.39 is 0 Å². The van der Waals surface area contributed by atoms with E-state index in [1.807, 2.05) is 66.1 Å². The summed E-state index contributed by atoms with van der Waals surface area (Å²) in [4.78, 5) is 16.6. The highest BCUT2D eigenvalue weighted by atomic mass is 16.3. The normalized spacial score (nSPS) is 12.1. The monoisotopic (exact) mass is 338 g/mol. The lowest BCUT2D eigenvalue weighted by Gasteiger charge is -2.16. The van der Waals surface area contributed by atoms with Crippen LogP contribution in [0.2, 0.25) is 0 Å². The predicted octanol–water partition coefficient (Wildman–Crippen LogP) is 2.05. The summed E-state index contributed by atoms with van der Waals surface area (Å²) in [5.41, 5.74) is 3.80. The summed E-state index contributed by atoms with van der Waals surface area (Å²) in [5.74, 6) is 0. The minimum Gasteiger partial charge on any atom is -0.394 e. The molecule has 0 radical (unpaired) electrons. The number of aromatic nitrogens is 2. The number of benzene rings is 1. The third-order valence-electron chi connectivity index (χ3n) is 4.06. The number of pyridine rings is 1. The average Bonchev–Trinajstić information content (AvgIpc) is 3.05. The van der Waals surface area contributed by atoms with Crippen molar-refractivity contribution in [1.29, 1.82) is 0 Å². The molecular weight excluding hydrogens is 316 g/mol. The number of rotatable bonds is 6. The van der Waals surface area contributed by atoms with Crippen LogP contribution in [0.25, 0.3) is 5.65 Å². The minimum atomic E-state index is -0.328. The molecule has 130 valence electrons. The van der Waals surface area contributed by atoms with Gasteiger partial charge < -0.3 is 20.1 Å². The predicted molar refractivity (Wildman–Crippen MR) is 96.3 cm³/mol. The molecule has 1 aromatic carbocycles. The van der Waals surface area contributed by atoms with Crippen LogP contribution in [0.15, 0.2) is 54.7 Å². The Hall–Kier alpha value is -2.86. The van der Waals surface area contributed by atoms with Gasteiger partial charge in [-0.15, -0.1) is 0 Å². The van der Waals surface area contributed by atoms with E-state index in [1.54, 1.807) is 0 Å². The highest BCUT2D eigenvalue weighted by molar-refractivity contribution is 5.74. The van der Waals surface area contributed by atoms with Gasteiger partial charge in [0.1, 0.15) is 5.65 Å². The zero-order valence-corrected chi connectivity index (χ0v) is 14.1. The lowest BCUT2D eigenvalue weighted by molar-refractivity contribution is 0.215. The molecule has 1 unspecified atom stereocenters. The standard InChI is InChI=1S/C19H22N4O2/c1-14-6-5-9-18-21-17(12-23(14)18)11-20-19(25)22-16(13-24)10-15-7-3-2-4-8-15/h2-9,12,16,24H,10-11,13H2,1H3,(H2,20,22,25). The van der Waals surface area contributed by atoms with Crippen molar-refractivity contribution in [2.45, 2.75) is 25.9 Å². The lowest BCUT2D eigenvalue weighted by atomic mass is 10.1. The number of aryl methyl sites for hydroxylation is 1. The van der Waals surface area contributed by atoms with Crippen LogP contribution in [0.5, 0.6) is 0 Å². The first kappa shape index (κ1) is 17.0. The molecule has 2 amide bonds. The Bertz CT molecular complexity index is 845. The Morgan fingerprint density at radius 2 is 2.00 bits per heavy atom. The number of fused-ring (bicyclic) bond motifs is 1. The molecule has 0 bridgehead atoms. The number of aliphatic hydroxyl groups excluding tert-OH is 1. The zero-order chi connectivity index (χ0) is 17.6. The quantitative estimate of drug-likeness (QED) is 0.644. The molecule has 3 rings (SSSR count). The first-order chi connectivity index (χ1) is 12.2. The van der Waals surface area contributed by atoms with Crippen molar-refractivity contribution in [3.63, 3.8) is 0 Å². The van der Waals surface area contributed by atoms with Gasteiger partial charge in [-0.2, -0.15) is 0 Å². The molecule has 1 atom stereocenters. The molecule has 0 saturated heterocycles. The summed E-state index contributed by atoms with van der Waals surface area (Å²) >= 11 is 0. The number of amides is 2. The fraction of sp³-hybridized carbons (Fsp3) is 0.263. The number of imidazole rings is 1. The lowest BCUT2D eigenvalue weighted by Crippen LogP contribution is -2.44. The second-order valence-corrected chi connectivity index (χ2v) is 6.02. The van der Waals surface area contributed by atoms with Crippen LogP contribution < -0.4 is 10.6 Å². The van der Waals surface area contributed by atoms with E-state index in [0.29, 0.717) is 13.0 Å². The van der Waals surface area contributed by atoms with Crippen molar-refractivity contribution in [2.24, 2.45) is 0 Å². The largest absolute Gasteiger partial charge is 0.394 e. The van der Waals surface area contributed by atoms with Gasteiger partial charge in [-0.1, -0.05) is 36.4 Å². The van der Waals surface area contributed by atoms with Gasteiger partial charge in [-0.3, -0.25) is 0 Å². The molecule has 2 heterocycles. The molecule has 6 nitrogen and oxygen atoms in total. The number of urea groups is 1. The van der Waals surface area contributed by atoms with Gasteiger partial charge in [0.25, 0.3) is 0 Å². The number of aliphatic hydroxyl groups is 1. The maximum atomic E-state index is 12.1. The average molecular weight is 338 g/mol. The maximum absolute atomic E-state index is 12.1. The van der Waals surface area contributed by atoms with Crippen molar-refractivity contribution < 1.29 is 9.90 Å². The minimum absolute atomic E-state index is 0.115. The first-order valence-electron chi connectivity index (χ1n) is 8.28. The molecular formula is C19H22N4O2. The van der Waals surface area contributed by atoms with Gasteiger partial charge in [0.2, 0.25) is 0 Å². The van der Waals surface area contributed by atoms with E-state index in [0.717, 1.165) is 22.6 Å². The molecule has 0 aliphatic heterocycles. The van der Waals surface area contributed by atoms with E-state index in [-0.39, 0.29) is 18.7 Å². The highest BCUT2D eigenvalue weighted by Crippen LogP contribution is 2.08. The van der Waals surface area contributed by atoms with Gasteiger partial charge in [0.15, 0.2) is 0 Å². The van der Waals surface area contributed by atoms with Crippen LogP contribution in [0, 0.1) is 6.92 Å². The van der Waals surface area contributed by atoms with Crippen LogP contribution in [0.3, 0.4) is 0 Å². The number of nitrogens with zero attached hydrogens (tertiary/aromatic N) is 2. The van der Waals surface area contributed by atoms with Gasteiger partial charge in [-0.05, 0) is 31.0 Å². The molecule has 6 heteroatoms. The Kier molecular flexibility index (Phi) is 5.30. The molecule has 0 aliphatic carbocycles. The van der Waals surface area contributed by atoms with Crippen LogP contribution in [0.1, 0.15) is 17.0 Å². The van der Waals surface area contributed by atoms with E-state index in [9.17, 15) is 9.90 Å². The summed E-state index contributed by atoms with van der Waals surface area (Å²) in [6.07, 6.45) is 2.50. The van der Waals surface area contributed by atoms with E-state index in [4.69, 9.17) is 0 Å². The third-order valence-corrected chi connectivity index (χ3v) is 4.06. The molecule has 2 aromatic heterocycles. The molecule has 0 spiro atoms. The first-order valence-corrected chi connectivity index (χ1v) is 8.28. The molecule has 0 saturated carbocycles. The second kappa shape index (κ2) is 7.81. The van der Waals surface area contributed by atoms with Crippen LogP contribution in [-0.4, -0.2) is 33.2 Å². The number of hydrogen-bond acceptors (Lipinski definition) is 3. The number of carbonyl (C=O) groups excluding carboxylic acids is 1. The second-order valence-electron chi connectivity index (χ2n) is 6.02. The van der Waals surface area contributed by atoms with Crippen LogP contribution in [-0.2, 0) is 13.0 Å². The SMILES string of the molecule is Cc1cccc2nc(CNC(=O)NC(CO)Cc3ccccc3)cn12. The smallest absolute Gasteiger partial charge is 0.315 e. The summed E-state index contributed by atoms with van der Waals surface area (Å²) in [6, 6.07) is 15.0. The van der Waals surface area contributed by atoms with Crippen LogP contribution in [0.4, 0.5) is 4.79 Å². The van der Waals surface area contributed by atoms with Crippen molar-refractivity contribution in [1.82, 2.24) is 20.0 Å². The van der Waals surface area contributed by atoms with Gasteiger partial charge in [0, 0.05) is 11.9 Å². The Labute approximate surface area is 146 Å². The topological polar surface area (TPSA) is 78.7 Å². The molecule has 3 aromatic rings. The summed E-state index contributed by atoms with van der Waals surface area (Å²) in [6.45, 7) is 2.22. The highest BCUT2D eigenvalue weighted by Gasteiger charge is 2.12. The maximum Gasteiger partial charge on any atom is 0.315 e. The van der Waals surface area contributed by atoms with Crippen molar-refractivity contribution >= 4 is 11.7 Å². The summed E-state index contributed by atoms with van der Waals surface area (Å²) in [5, 5.41) is 15.1. The number of nitrogens with one attached hydrogen (secondary N) is 2. The zero-order valence-electron chi connectivity index (χ0n) is 14.1. The third kappa shape index (κ3) is 4.36. The number of hydrogen-bond donors (Lipinski definition) is 3. The van der Waals surface area contributed by atoms with Crippen LogP contribution >= 0.6 is 0 Å². The Morgan fingerprint density at radius 3 is 2.72 bits per heavy atom. The Balaban J connectivity index is 1.55. The summed E-state index contributed by atoms with van der Waals surface area (Å²) in [7, 11) is 0. The summed E-state index contributed by atoms with van der Waals surface area (Å²) < 4.78 is 1.99. The fourth-order valence-electron chi connectivity index (χ4n) is 2.75. The van der Waals surface area contributed by atoms with Gasteiger partial charge in [-0.25, -0.2) is 9.78 Å². The Morgan fingerprint density at radius 1 is 1.20 bits per heavy atom. The van der Waals surface area contributed by atoms with Gasteiger partial charge in [0.05, 0.1) is 24.9 Å². The molecule has 0 fully saturated rings. The van der Waals surface area contributed by atoms with E-state index in [2.05, 4.69) is 15.6 Å². The van der Waals surface area contributed by atoms with Gasteiger partial charge >= 0.3 is 6.03 Å². The molecule has 3 N–H and O–H groups in total.